The van der Waals surface area contributed by atoms with Gasteiger partial charge in [0.05, 0.1) is 6.26 Å². The summed E-state index contributed by atoms with van der Waals surface area (Å²) < 4.78 is 5.07. The summed E-state index contributed by atoms with van der Waals surface area (Å²) in [5.74, 6) is 0.0591. The standard InChI is InChI=1S/C15H20N2O3/c1-15(2,11-18)6-4-7-17-14(19)12(10-16)9-13-5-3-8-20-13/h3,5,8-9,18H,4,6-7,11H2,1-2H3,(H,17,19)/b12-9+. The third-order valence-corrected chi connectivity index (χ3v) is 2.94. The number of aliphatic hydroxyl groups excluding tert-OH is 1. The van der Waals surface area contributed by atoms with Gasteiger partial charge in [-0.2, -0.15) is 5.26 Å². The summed E-state index contributed by atoms with van der Waals surface area (Å²) in [6.07, 6.45) is 4.44. The van der Waals surface area contributed by atoms with E-state index in [9.17, 15) is 4.79 Å². The van der Waals surface area contributed by atoms with Gasteiger partial charge in [0.15, 0.2) is 0 Å². The van der Waals surface area contributed by atoms with Crippen LogP contribution in [0.3, 0.4) is 0 Å². The molecule has 0 unspecified atom stereocenters. The highest BCUT2D eigenvalue weighted by atomic mass is 16.3. The molecule has 0 aliphatic heterocycles. The lowest BCUT2D eigenvalue weighted by atomic mass is 9.89. The van der Waals surface area contributed by atoms with Crippen LogP contribution < -0.4 is 5.32 Å². The average molecular weight is 276 g/mol. The number of carbonyl (C=O) groups is 1. The van der Waals surface area contributed by atoms with Crippen LogP contribution in [0.15, 0.2) is 28.4 Å². The average Bonchev–Trinajstić information content (AvgIpc) is 2.93. The minimum absolute atomic E-state index is 0.0152. The SMILES string of the molecule is CC(C)(CO)CCCNC(=O)/C(C#N)=C/c1ccco1. The monoisotopic (exact) mass is 276 g/mol. The summed E-state index contributed by atoms with van der Waals surface area (Å²) >= 11 is 0. The van der Waals surface area contributed by atoms with Gasteiger partial charge < -0.3 is 14.8 Å². The van der Waals surface area contributed by atoms with E-state index in [-0.39, 0.29) is 17.6 Å². The van der Waals surface area contributed by atoms with E-state index in [1.54, 1.807) is 12.1 Å². The van der Waals surface area contributed by atoms with Gasteiger partial charge in [0.1, 0.15) is 17.4 Å². The molecular formula is C15H20N2O3. The second-order valence-electron chi connectivity index (χ2n) is 5.37. The van der Waals surface area contributed by atoms with Crippen molar-refractivity contribution in [3.8, 4) is 6.07 Å². The Hall–Kier alpha value is -2.06. The lowest BCUT2D eigenvalue weighted by Gasteiger charge is -2.21. The van der Waals surface area contributed by atoms with E-state index in [2.05, 4.69) is 5.32 Å². The van der Waals surface area contributed by atoms with Crippen LogP contribution in [0.5, 0.6) is 0 Å². The van der Waals surface area contributed by atoms with E-state index in [1.165, 1.54) is 12.3 Å². The first kappa shape index (κ1) is 16.0. The number of hydrogen-bond acceptors (Lipinski definition) is 4. The molecule has 1 rings (SSSR count). The molecule has 1 amide bonds. The van der Waals surface area contributed by atoms with Crippen molar-refractivity contribution < 1.29 is 14.3 Å². The zero-order valence-corrected chi connectivity index (χ0v) is 11.8. The van der Waals surface area contributed by atoms with Crippen molar-refractivity contribution >= 4 is 12.0 Å². The molecule has 0 bridgehead atoms. The van der Waals surface area contributed by atoms with E-state index in [4.69, 9.17) is 14.8 Å². The molecule has 20 heavy (non-hydrogen) atoms. The zero-order chi connectivity index (χ0) is 15.0. The number of furan rings is 1. The van der Waals surface area contributed by atoms with Crippen LogP contribution in [0.2, 0.25) is 0 Å². The Morgan fingerprint density at radius 2 is 2.35 bits per heavy atom. The topological polar surface area (TPSA) is 86.3 Å². The smallest absolute Gasteiger partial charge is 0.262 e. The molecule has 0 saturated heterocycles. The lowest BCUT2D eigenvalue weighted by Crippen LogP contribution is -2.27. The number of nitrogens with zero attached hydrogens (tertiary/aromatic N) is 1. The van der Waals surface area contributed by atoms with Crippen molar-refractivity contribution in [2.45, 2.75) is 26.7 Å². The van der Waals surface area contributed by atoms with Gasteiger partial charge in [0.25, 0.3) is 5.91 Å². The van der Waals surface area contributed by atoms with E-state index >= 15 is 0 Å². The summed E-state index contributed by atoms with van der Waals surface area (Å²) in [4.78, 5) is 11.8. The molecule has 0 radical (unpaired) electrons. The third-order valence-electron chi connectivity index (χ3n) is 2.94. The van der Waals surface area contributed by atoms with Crippen LogP contribution >= 0.6 is 0 Å². The third kappa shape index (κ3) is 5.29. The highest BCUT2D eigenvalue weighted by Crippen LogP contribution is 2.20. The maximum absolute atomic E-state index is 11.8. The zero-order valence-electron chi connectivity index (χ0n) is 11.8. The highest BCUT2D eigenvalue weighted by Gasteiger charge is 2.16. The number of amides is 1. The van der Waals surface area contributed by atoms with Crippen LogP contribution in [-0.2, 0) is 4.79 Å². The molecule has 2 N–H and O–H groups in total. The summed E-state index contributed by atoms with van der Waals surface area (Å²) in [5.41, 5.74) is -0.131. The van der Waals surface area contributed by atoms with Crippen LogP contribution in [0, 0.1) is 16.7 Å². The van der Waals surface area contributed by atoms with Crippen molar-refractivity contribution in [3.63, 3.8) is 0 Å². The number of nitriles is 1. The van der Waals surface area contributed by atoms with Gasteiger partial charge in [0.2, 0.25) is 0 Å². The maximum Gasteiger partial charge on any atom is 0.262 e. The first-order valence-corrected chi connectivity index (χ1v) is 6.53. The van der Waals surface area contributed by atoms with Crippen LogP contribution in [0.25, 0.3) is 6.08 Å². The van der Waals surface area contributed by atoms with Gasteiger partial charge in [-0.3, -0.25) is 4.79 Å². The van der Waals surface area contributed by atoms with Crippen molar-refractivity contribution in [2.75, 3.05) is 13.2 Å². The minimum Gasteiger partial charge on any atom is -0.465 e. The molecule has 0 aliphatic carbocycles. The second-order valence-corrected chi connectivity index (χ2v) is 5.37. The molecule has 1 aromatic rings. The molecule has 5 heteroatoms. The fraction of sp³-hybridized carbons (Fsp3) is 0.467. The Bertz CT molecular complexity index is 496. The van der Waals surface area contributed by atoms with Gasteiger partial charge in [-0.05, 0) is 30.4 Å². The molecular weight excluding hydrogens is 256 g/mol. The van der Waals surface area contributed by atoms with Crippen molar-refractivity contribution in [1.82, 2.24) is 5.32 Å². The highest BCUT2D eigenvalue weighted by molar-refractivity contribution is 6.01. The largest absolute Gasteiger partial charge is 0.465 e. The second kappa shape index (κ2) is 7.51. The fourth-order valence-corrected chi connectivity index (χ4v) is 1.61. The maximum atomic E-state index is 11.8. The first-order valence-electron chi connectivity index (χ1n) is 6.53. The molecule has 0 saturated carbocycles. The number of rotatable bonds is 7. The summed E-state index contributed by atoms with van der Waals surface area (Å²) in [7, 11) is 0. The van der Waals surface area contributed by atoms with Gasteiger partial charge in [-0.1, -0.05) is 13.8 Å². The Morgan fingerprint density at radius 1 is 1.60 bits per heavy atom. The Labute approximate surface area is 118 Å². The molecule has 0 aliphatic rings. The van der Waals surface area contributed by atoms with E-state index in [0.717, 1.165) is 12.8 Å². The first-order chi connectivity index (χ1) is 9.48. The molecule has 0 spiro atoms. The predicted molar refractivity (Wildman–Crippen MR) is 75.4 cm³/mol. The van der Waals surface area contributed by atoms with Crippen molar-refractivity contribution in [2.24, 2.45) is 5.41 Å². The molecule has 1 heterocycles. The fourth-order valence-electron chi connectivity index (χ4n) is 1.61. The number of nitrogens with one attached hydrogen (secondary N) is 1. The molecule has 0 atom stereocenters. The van der Waals surface area contributed by atoms with Gasteiger partial charge in [-0.15, -0.1) is 0 Å². The Morgan fingerprint density at radius 3 is 2.90 bits per heavy atom. The molecule has 0 aromatic carbocycles. The van der Waals surface area contributed by atoms with E-state index < -0.39 is 5.91 Å². The molecule has 0 fully saturated rings. The Balaban J connectivity index is 2.44. The van der Waals surface area contributed by atoms with Gasteiger partial charge in [-0.25, -0.2) is 0 Å². The van der Waals surface area contributed by atoms with E-state index in [0.29, 0.717) is 12.3 Å². The molecule has 1 aromatic heterocycles. The molecule has 5 nitrogen and oxygen atoms in total. The van der Waals surface area contributed by atoms with Crippen LogP contribution in [0.1, 0.15) is 32.4 Å². The van der Waals surface area contributed by atoms with E-state index in [1.807, 2.05) is 19.9 Å². The summed E-state index contributed by atoms with van der Waals surface area (Å²) in [5, 5.41) is 20.8. The minimum atomic E-state index is -0.411. The number of carbonyl (C=O) groups excluding carboxylic acids is 1. The summed E-state index contributed by atoms with van der Waals surface area (Å²) in [6.45, 7) is 4.51. The van der Waals surface area contributed by atoms with Crippen LogP contribution in [-0.4, -0.2) is 24.2 Å². The quantitative estimate of drug-likeness (QED) is 0.453. The lowest BCUT2D eigenvalue weighted by molar-refractivity contribution is -0.117. The molecule has 108 valence electrons. The normalized spacial score (nSPS) is 12.0. The Kier molecular flexibility index (Phi) is 6.01. The predicted octanol–water partition coefficient (Wildman–Crippen LogP) is 2.10. The number of hydrogen-bond donors (Lipinski definition) is 2. The van der Waals surface area contributed by atoms with Gasteiger partial charge in [0, 0.05) is 19.2 Å². The van der Waals surface area contributed by atoms with Crippen molar-refractivity contribution in [3.05, 3.63) is 29.7 Å². The van der Waals surface area contributed by atoms with Crippen LogP contribution in [0.4, 0.5) is 0 Å². The van der Waals surface area contributed by atoms with Crippen molar-refractivity contribution in [1.29, 1.82) is 5.26 Å². The van der Waals surface area contributed by atoms with Gasteiger partial charge >= 0.3 is 0 Å². The summed E-state index contributed by atoms with van der Waals surface area (Å²) in [6, 6.07) is 5.22. The number of aliphatic hydroxyl groups is 1.